The molecule has 0 aromatic heterocycles. The van der Waals surface area contributed by atoms with Gasteiger partial charge in [-0.05, 0) is 53.4 Å². The average molecular weight is 622 g/mol. The molecule has 2 aliphatic rings. The number of likely N-dealkylation sites (N-methyl/N-ethyl adjacent to an activating group) is 1. The standard InChI is InChI=1S/C37H55N3O5/c1-25(2)19-33(41)36(44)32(21-26-11-6-5-7-12-26)38-37(45)30(20-27-17-18-27)22-34(42)40(24-35(43)39(3)4)23-29-15-10-14-28-13-8-9-16-31(28)29/h8-10,13-16,25-27,30,32-33,36,41,44H,5-7,11-12,17-24H2,1-4H3,(H,38,45)/t30-,32+,33+,36-/m1/s1. The first kappa shape index (κ1) is 34.9. The van der Waals surface area contributed by atoms with Gasteiger partial charge in [0.15, 0.2) is 0 Å². The van der Waals surface area contributed by atoms with Crippen LogP contribution in [0.1, 0.15) is 90.0 Å². The molecule has 2 aromatic rings. The summed E-state index contributed by atoms with van der Waals surface area (Å²) in [6.45, 7) is 4.21. The number of aliphatic hydroxyl groups is 2. The van der Waals surface area contributed by atoms with E-state index in [0.29, 0.717) is 31.1 Å². The molecule has 2 aromatic carbocycles. The van der Waals surface area contributed by atoms with Crippen molar-refractivity contribution >= 4 is 28.5 Å². The fourth-order valence-corrected chi connectivity index (χ4v) is 6.81. The zero-order valence-electron chi connectivity index (χ0n) is 27.8. The van der Waals surface area contributed by atoms with Gasteiger partial charge >= 0.3 is 0 Å². The number of fused-ring (bicyclic) bond motifs is 1. The van der Waals surface area contributed by atoms with Crippen LogP contribution < -0.4 is 5.32 Å². The molecule has 0 spiro atoms. The summed E-state index contributed by atoms with van der Waals surface area (Å²) in [5, 5.41) is 27.4. The minimum atomic E-state index is -1.07. The van der Waals surface area contributed by atoms with Crippen molar-refractivity contribution in [3.05, 3.63) is 48.0 Å². The molecule has 0 radical (unpaired) electrons. The number of nitrogens with zero attached hydrogens (tertiary/aromatic N) is 2. The molecule has 8 nitrogen and oxygen atoms in total. The van der Waals surface area contributed by atoms with Gasteiger partial charge in [0.25, 0.3) is 0 Å². The molecule has 2 saturated carbocycles. The van der Waals surface area contributed by atoms with Crippen LogP contribution >= 0.6 is 0 Å². The molecule has 2 fully saturated rings. The van der Waals surface area contributed by atoms with E-state index in [-0.39, 0.29) is 43.1 Å². The van der Waals surface area contributed by atoms with Gasteiger partial charge in [-0.15, -0.1) is 0 Å². The van der Waals surface area contributed by atoms with Crippen molar-refractivity contribution in [2.75, 3.05) is 20.6 Å². The summed E-state index contributed by atoms with van der Waals surface area (Å²) in [6, 6.07) is 13.4. The summed E-state index contributed by atoms with van der Waals surface area (Å²) < 4.78 is 0. The fraction of sp³-hybridized carbons (Fsp3) is 0.649. The Kier molecular flexibility index (Phi) is 12.8. The van der Waals surface area contributed by atoms with Gasteiger partial charge in [-0.2, -0.15) is 0 Å². The molecule has 0 bridgehead atoms. The van der Waals surface area contributed by atoms with Crippen LogP contribution in [0.5, 0.6) is 0 Å². The third-order valence-electron chi connectivity index (χ3n) is 9.68. The third kappa shape index (κ3) is 10.5. The van der Waals surface area contributed by atoms with Crippen LogP contribution in [0.2, 0.25) is 0 Å². The van der Waals surface area contributed by atoms with Crippen LogP contribution in [0.3, 0.4) is 0 Å². The molecule has 0 aliphatic heterocycles. The van der Waals surface area contributed by atoms with Crippen LogP contribution in [0, 0.1) is 23.7 Å². The second-order valence-corrected chi connectivity index (χ2v) is 14.3. The predicted octanol–water partition coefficient (Wildman–Crippen LogP) is 5.29. The lowest BCUT2D eigenvalue weighted by atomic mass is 9.82. The van der Waals surface area contributed by atoms with E-state index in [1.54, 1.807) is 19.0 Å². The first-order valence-electron chi connectivity index (χ1n) is 17.1. The Balaban J connectivity index is 1.53. The number of rotatable bonds is 16. The highest BCUT2D eigenvalue weighted by Crippen LogP contribution is 2.37. The van der Waals surface area contributed by atoms with E-state index >= 15 is 0 Å². The van der Waals surface area contributed by atoms with Crippen molar-refractivity contribution in [3.8, 4) is 0 Å². The van der Waals surface area contributed by atoms with E-state index in [1.165, 1.54) is 11.3 Å². The SMILES string of the molecule is CC(C)C[C@H](O)[C@H](O)[C@H](CC1CCCCC1)NC(=O)[C@@H](CC(=O)N(CC(=O)N(C)C)Cc1cccc2ccccc12)CC1CC1. The number of benzene rings is 2. The van der Waals surface area contributed by atoms with E-state index in [4.69, 9.17) is 0 Å². The van der Waals surface area contributed by atoms with Crippen molar-refractivity contribution in [1.29, 1.82) is 0 Å². The van der Waals surface area contributed by atoms with Crippen molar-refractivity contribution in [2.45, 2.75) is 109 Å². The normalized spacial score (nSPS) is 18.3. The summed E-state index contributed by atoms with van der Waals surface area (Å²) in [7, 11) is 3.36. The Morgan fingerprint density at radius 2 is 1.53 bits per heavy atom. The molecule has 0 unspecified atom stereocenters. The number of carbonyl (C=O) groups excluding carboxylic acids is 3. The predicted molar refractivity (Wildman–Crippen MR) is 178 cm³/mol. The van der Waals surface area contributed by atoms with Gasteiger partial charge in [0.1, 0.15) is 12.6 Å². The Bertz CT molecular complexity index is 1260. The lowest BCUT2D eigenvalue weighted by Gasteiger charge is -2.34. The fourth-order valence-electron chi connectivity index (χ4n) is 6.81. The van der Waals surface area contributed by atoms with Gasteiger partial charge in [-0.25, -0.2) is 0 Å². The Morgan fingerprint density at radius 3 is 2.20 bits per heavy atom. The minimum absolute atomic E-state index is 0.00536. The number of hydrogen-bond donors (Lipinski definition) is 3. The lowest BCUT2D eigenvalue weighted by molar-refractivity contribution is -0.142. The molecule has 0 heterocycles. The topological polar surface area (TPSA) is 110 Å². The monoisotopic (exact) mass is 621 g/mol. The van der Waals surface area contributed by atoms with Crippen LogP contribution in [0.25, 0.3) is 10.8 Å². The van der Waals surface area contributed by atoms with Gasteiger partial charge in [0.2, 0.25) is 17.7 Å². The molecular weight excluding hydrogens is 566 g/mol. The number of amides is 3. The zero-order valence-corrected chi connectivity index (χ0v) is 27.8. The second-order valence-electron chi connectivity index (χ2n) is 14.3. The molecule has 4 atom stereocenters. The van der Waals surface area contributed by atoms with Crippen molar-refractivity contribution < 1.29 is 24.6 Å². The summed E-state index contributed by atoms with van der Waals surface area (Å²) in [4.78, 5) is 43.9. The summed E-state index contributed by atoms with van der Waals surface area (Å²) in [5.41, 5.74) is 0.950. The van der Waals surface area contributed by atoms with Crippen LogP contribution in [0.15, 0.2) is 42.5 Å². The van der Waals surface area contributed by atoms with Crippen molar-refractivity contribution in [3.63, 3.8) is 0 Å². The molecule has 0 saturated heterocycles. The molecule has 45 heavy (non-hydrogen) atoms. The largest absolute Gasteiger partial charge is 0.390 e. The Labute approximate surface area is 269 Å². The molecule has 248 valence electrons. The number of carbonyl (C=O) groups is 3. The van der Waals surface area contributed by atoms with Crippen LogP contribution in [-0.2, 0) is 20.9 Å². The van der Waals surface area contributed by atoms with E-state index < -0.39 is 24.2 Å². The third-order valence-corrected chi connectivity index (χ3v) is 9.68. The maximum atomic E-state index is 14.0. The lowest BCUT2D eigenvalue weighted by Crippen LogP contribution is -2.51. The second kappa shape index (κ2) is 16.5. The maximum Gasteiger partial charge on any atom is 0.241 e. The van der Waals surface area contributed by atoms with E-state index in [1.807, 2.05) is 56.3 Å². The molecular formula is C37H55N3O5. The quantitative estimate of drug-likeness (QED) is 0.236. The Morgan fingerprint density at radius 1 is 0.867 bits per heavy atom. The van der Waals surface area contributed by atoms with E-state index in [2.05, 4.69) is 5.32 Å². The average Bonchev–Trinajstić information content (AvgIpc) is 3.84. The van der Waals surface area contributed by atoms with Gasteiger partial charge < -0.3 is 25.3 Å². The molecule has 2 aliphatic carbocycles. The Hall–Kier alpha value is -2.97. The molecule has 3 N–H and O–H groups in total. The maximum absolute atomic E-state index is 14.0. The van der Waals surface area contributed by atoms with Gasteiger partial charge in [0, 0.05) is 33.0 Å². The number of hydrogen-bond acceptors (Lipinski definition) is 5. The van der Waals surface area contributed by atoms with Gasteiger partial charge in [-0.1, -0.05) is 101 Å². The smallest absolute Gasteiger partial charge is 0.241 e. The van der Waals surface area contributed by atoms with E-state index in [0.717, 1.165) is 54.9 Å². The molecule has 8 heteroatoms. The zero-order chi connectivity index (χ0) is 32.5. The summed E-state index contributed by atoms with van der Waals surface area (Å²) >= 11 is 0. The van der Waals surface area contributed by atoms with Crippen LogP contribution in [-0.4, -0.2) is 76.6 Å². The summed E-state index contributed by atoms with van der Waals surface area (Å²) in [5.74, 6) is -0.227. The first-order valence-corrected chi connectivity index (χ1v) is 17.1. The highest BCUT2D eigenvalue weighted by Gasteiger charge is 2.36. The highest BCUT2D eigenvalue weighted by molar-refractivity contribution is 5.90. The summed E-state index contributed by atoms with van der Waals surface area (Å²) in [6.07, 6.45) is 7.36. The minimum Gasteiger partial charge on any atom is -0.390 e. The molecule has 4 rings (SSSR count). The van der Waals surface area contributed by atoms with Crippen molar-refractivity contribution in [1.82, 2.24) is 15.1 Å². The number of nitrogens with one attached hydrogen (secondary N) is 1. The molecule has 3 amide bonds. The number of aliphatic hydroxyl groups excluding tert-OH is 2. The van der Waals surface area contributed by atoms with Crippen LogP contribution in [0.4, 0.5) is 0 Å². The van der Waals surface area contributed by atoms with Crippen molar-refractivity contribution in [2.24, 2.45) is 23.7 Å². The van der Waals surface area contributed by atoms with Gasteiger partial charge in [0.05, 0.1) is 12.1 Å². The highest BCUT2D eigenvalue weighted by atomic mass is 16.3. The van der Waals surface area contributed by atoms with Gasteiger partial charge in [-0.3, -0.25) is 14.4 Å². The first-order chi connectivity index (χ1) is 21.5. The van der Waals surface area contributed by atoms with E-state index in [9.17, 15) is 24.6 Å².